The number of carbonyl (C=O) groups is 2. The normalized spacial score (nSPS) is 12.3. The van der Waals surface area contributed by atoms with Gasteiger partial charge in [-0.3, -0.25) is 9.59 Å². The zero-order valence-corrected chi connectivity index (χ0v) is 10.6. The molecule has 0 unspecified atom stereocenters. The zero-order chi connectivity index (χ0) is 13.7. The fraction of sp³-hybridized carbons (Fsp3) is 0.385. The molecule has 1 aliphatic heterocycles. The largest absolute Gasteiger partial charge is 0.454 e. The molecule has 102 valence electrons. The lowest BCUT2D eigenvalue weighted by Gasteiger charge is -2.04. The third kappa shape index (κ3) is 3.23. The number of rotatable bonds is 6. The van der Waals surface area contributed by atoms with Crippen LogP contribution in [0.15, 0.2) is 18.2 Å². The Bertz CT molecular complexity index is 486. The van der Waals surface area contributed by atoms with E-state index in [1.165, 1.54) is 6.07 Å². The SMILES string of the molecule is COCCCNC(=O)C(=O)c1ccc2c(c1)OCO2. The number of hydrogen-bond donors (Lipinski definition) is 1. The average Bonchev–Trinajstić information content (AvgIpc) is 2.89. The minimum Gasteiger partial charge on any atom is -0.454 e. The van der Waals surface area contributed by atoms with Gasteiger partial charge in [-0.1, -0.05) is 0 Å². The van der Waals surface area contributed by atoms with E-state index in [0.29, 0.717) is 31.1 Å². The minimum atomic E-state index is -0.630. The van der Waals surface area contributed by atoms with Gasteiger partial charge in [0.15, 0.2) is 11.5 Å². The molecule has 6 heteroatoms. The highest BCUT2D eigenvalue weighted by atomic mass is 16.7. The van der Waals surface area contributed by atoms with Crippen LogP contribution in [0.3, 0.4) is 0 Å². The van der Waals surface area contributed by atoms with E-state index in [2.05, 4.69) is 5.32 Å². The number of methoxy groups -OCH3 is 1. The first kappa shape index (κ1) is 13.4. The Morgan fingerprint density at radius 2 is 2.11 bits per heavy atom. The quantitative estimate of drug-likeness (QED) is 0.467. The Kier molecular flexibility index (Phi) is 4.35. The molecule has 0 fully saturated rings. The number of hydrogen-bond acceptors (Lipinski definition) is 5. The standard InChI is InChI=1S/C13H15NO5/c1-17-6-2-5-14-13(16)12(15)9-3-4-10-11(7-9)19-8-18-10/h3-4,7H,2,5-6,8H2,1H3,(H,14,16). The Morgan fingerprint density at radius 3 is 2.89 bits per heavy atom. The summed E-state index contributed by atoms with van der Waals surface area (Å²) >= 11 is 0. The predicted octanol–water partition coefficient (Wildman–Crippen LogP) is 0.751. The molecule has 1 heterocycles. The van der Waals surface area contributed by atoms with E-state index in [4.69, 9.17) is 14.2 Å². The lowest BCUT2D eigenvalue weighted by atomic mass is 10.1. The molecule has 6 nitrogen and oxygen atoms in total. The highest BCUT2D eigenvalue weighted by Gasteiger charge is 2.20. The van der Waals surface area contributed by atoms with Gasteiger partial charge in [0.1, 0.15) is 0 Å². The minimum absolute atomic E-state index is 0.135. The molecule has 0 aromatic heterocycles. The fourth-order valence-electron chi connectivity index (χ4n) is 1.67. The van der Waals surface area contributed by atoms with Crippen LogP contribution in [-0.2, 0) is 9.53 Å². The highest BCUT2D eigenvalue weighted by molar-refractivity contribution is 6.42. The smallest absolute Gasteiger partial charge is 0.292 e. The predicted molar refractivity (Wildman–Crippen MR) is 66.4 cm³/mol. The van der Waals surface area contributed by atoms with Crippen LogP contribution >= 0.6 is 0 Å². The summed E-state index contributed by atoms with van der Waals surface area (Å²) in [6, 6.07) is 4.68. The van der Waals surface area contributed by atoms with Crippen LogP contribution in [-0.4, -0.2) is 38.7 Å². The second kappa shape index (κ2) is 6.19. The van der Waals surface area contributed by atoms with Crippen molar-refractivity contribution in [1.29, 1.82) is 0 Å². The first-order valence-electron chi connectivity index (χ1n) is 5.93. The summed E-state index contributed by atoms with van der Waals surface area (Å²) in [4.78, 5) is 23.5. The van der Waals surface area contributed by atoms with Crippen LogP contribution in [0.5, 0.6) is 11.5 Å². The van der Waals surface area contributed by atoms with Gasteiger partial charge in [-0.2, -0.15) is 0 Å². The Morgan fingerprint density at radius 1 is 1.32 bits per heavy atom. The van der Waals surface area contributed by atoms with Crippen molar-refractivity contribution >= 4 is 11.7 Å². The third-order valence-electron chi connectivity index (χ3n) is 2.65. The molecule has 1 N–H and O–H groups in total. The zero-order valence-electron chi connectivity index (χ0n) is 10.6. The Balaban J connectivity index is 1.93. The summed E-state index contributed by atoms with van der Waals surface area (Å²) in [6.07, 6.45) is 0.663. The first-order valence-corrected chi connectivity index (χ1v) is 5.93. The van der Waals surface area contributed by atoms with Gasteiger partial charge in [0.2, 0.25) is 12.6 Å². The molecule has 1 aromatic carbocycles. The lowest BCUT2D eigenvalue weighted by Crippen LogP contribution is -2.32. The molecule has 19 heavy (non-hydrogen) atoms. The number of Topliss-reactive ketones (excluding diaryl/α,β-unsaturated/α-hetero) is 1. The number of benzene rings is 1. The molecule has 1 amide bonds. The number of amides is 1. The van der Waals surface area contributed by atoms with Crippen molar-refractivity contribution in [1.82, 2.24) is 5.32 Å². The van der Waals surface area contributed by atoms with Crippen LogP contribution in [0.2, 0.25) is 0 Å². The number of nitrogens with one attached hydrogen (secondary N) is 1. The van der Waals surface area contributed by atoms with E-state index in [0.717, 1.165) is 0 Å². The van der Waals surface area contributed by atoms with Gasteiger partial charge in [0.25, 0.3) is 5.91 Å². The van der Waals surface area contributed by atoms with E-state index >= 15 is 0 Å². The first-order chi connectivity index (χ1) is 9.22. The van der Waals surface area contributed by atoms with Gasteiger partial charge in [0, 0.05) is 25.8 Å². The number of carbonyl (C=O) groups excluding carboxylic acids is 2. The molecule has 0 atom stereocenters. The van der Waals surface area contributed by atoms with Crippen molar-refractivity contribution in [3.63, 3.8) is 0 Å². The van der Waals surface area contributed by atoms with Gasteiger partial charge in [-0.05, 0) is 24.6 Å². The highest BCUT2D eigenvalue weighted by Crippen LogP contribution is 2.32. The van der Waals surface area contributed by atoms with Crippen molar-refractivity contribution in [2.75, 3.05) is 27.1 Å². The second-order valence-corrected chi connectivity index (χ2v) is 4.00. The van der Waals surface area contributed by atoms with E-state index in [1.54, 1.807) is 19.2 Å². The molecule has 0 saturated carbocycles. The van der Waals surface area contributed by atoms with Gasteiger partial charge < -0.3 is 19.5 Å². The summed E-state index contributed by atoms with van der Waals surface area (Å²) in [6.45, 7) is 1.08. The summed E-state index contributed by atoms with van der Waals surface area (Å²) in [5.74, 6) is -0.152. The summed E-state index contributed by atoms with van der Waals surface area (Å²) in [5, 5.41) is 2.54. The van der Waals surface area contributed by atoms with Gasteiger partial charge in [0.05, 0.1) is 0 Å². The van der Waals surface area contributed by atoms with E-state index in [9.17, 15) is 9.59 Å². The molecule has 0 spiro atoms. The molecule has 0 aliphatic carbocycles. The molecular formula is C13H15NO5. The molecule has 1 aromatic rings. The fourth-order valence-corrected chi connectivity index (χ4v) is 1.67. The molecule has 0 bridgehead atoms. The lowest BCUT2D eigenvalue weighted by molar-refractivity contribution is -0.117. The molecule has 1 aliphatic rings. The van der Waals surface area contributed by atoms with Crippen molar-refractivity contribution in [3.8, 4) is 11.5 Å². The number of fused-ring (bicyclic) bond motifs is 1. The van der Waals surface area contributed by atoms with Crippen LogP contribution < -0.4 is 14.8 Å². The average molecular weight is 265 g/mol. The monoisotopic (exact) mass is 265 g/mol. The van der Waals surface area contributed by atoms with Gasteiger partial charge in [-0.25, -0.2) is 0 Å². The van der Waals surface area contributed by atoms with Crippen LogP contribution in [0.1, 0.15) is 16.8 Å². The van der Waals surface area contributed by atoms with E-state index < -0.39 is 11.7 Å². The van der Waals surface area contributed by atoms with Crippen molar-refractivity contribution < 1.29 is 23.8 Å². The Labute approximate surface area is 110 Å². The van der Waals surface area contributed by atoms with Crippen LogP contribution in [0.4, 0.5) is 0 Å². The maximum absolute atomic E-state index is 11.9. The summed E-state index contributed by atoms with van der Waals surface area (Å²) < 4.78 is 15.1. The van der Waals surface area contributed by atoms with Gasteiger partial charge in [-0.15, -0.1) is 0 Å². The topological polar surface area (TPSA) is 73.9 Å². The van der Waals surface area contributed by atoms with Gasteiger partial charge >= 0.3 is 0 Å². The van der Waals surface area contributed by atoms with Crippen molar-refractivity contribution in [2.45, 2.75) is 6.42 Å². The maximum Gasteiger partial charge on any atom is 0.292 e. The third-order valence-corrected chi connectivity index (χ3v) is 2.65. The summed E-state index contributed by atoms with van der Waals surface area (Å²) in [5.41, 5.74) is 0.286. The van der Waals surface area contributed by atoms with E-state index in [1.807, 2.05) is 0 Å². The van der Waals surface area contributed by atoms with Crippen LogP contribution in [0.25, 0.3) is 0 Å². The number of ketones is 1. The Hall–Kier alpha value is -2.08. The summed E-state index contributed by atoms with van der Waals surface area (Å²) in [7, 11) is 1.58. The molecule has 0 saturated heterocycles. The number of ether oxygens (including phenoxy) is 3. The molecular weight excluding hydrogens is 250 g/mol. The van der Waals surface area contributed by atoms with E-state index in [-0.39, 0.29) is 12.4 Å². The maximum atomic E-state index is 11.9. The van der Waals surface area contributed by atoms with Crippen molar-refractivity contribution in [2.24, 2.45) is 0 Å². The van der Waals surface area contributed by atoms with Crippen LogP contribution in [0, 0.1) is 0 Å². The molecule has 0 radical (unpaired) electrons. The van der Waals surface area contributed by atoms with Crippen molar-refractivity contribution in [3.05, 3.63) is 23.8 Å². The second-order valence-electron chi connectivity index (χ2n) is 4.00. The molecule has 2 rings (SSSR count).